The van der Waals surface area contributed by atoms with Gasteiger partial charge in [0.1, 0.15) is 11.2 Å². The Morgan fingerprint density at radius 2 is 0.923 bits per heavy atom. The van der Waals surface area contributed by atoms with Crippen LogP contribution >= 0.6 is 0 Å². The van der Waals surface area contributed by atoms with E-state index >= 15 is 0 Å². The highest BCUT2D eigenvalue weighted by atomic mass is 16.3. The van der Waals surface area contributed by atoms with E-state index in [0.29, 0.717) is 0 Å². The lowest BCUT2D eigenvalue weighted by atomic mass is 9.97. The van der Waals surface area contributed by atoms with Gasteiger partial charge in [-0.15, -0.1) is 0 Å². The summed E-state index contributed by atoms with van der Waals surface area (Å²) in [7, 11) is 0. The summed E-state index contributed by atoms with van der Waals surface area (Å²) in [6.45, 7) is 2.19. The van der Waals surface area contributed by atoms with Gasteiger partial charge in [0.05, 0.1) is 22.1 Å². The fourth-order valence-corrected chi connectivity index (χ4v) is 8.44. The van der Waals surface area contributed by atoms with Gasteiger partial charge >= 0.3 is 0 Å². The zero-order valence-electron chi connectivity index (χ0n) is 28.5. The first kappa shape index (κ1) is 28.9. The number of hydrogen-bond donors (Lipinski definition) is 0. The van der Waals surface area contributed by atoms with Crippen LogP contribution < -0.4 is 0 Å². The molecule has 3 heterocycles. The molecular formula is C49H32N2O. The zero-order valence-corrected chi connectivity index (χ0v) is 28.5. The van der Waals surface area contributed by atoms with Crippen LogP contribution in [-0.4, -0.2) is 9.13 Å². The molecule has 0 bridgehead atoms. The van der Waals surface area contributed by atoms with Crippen LogP contribution in [0.4, 0.5) is 0 Å². The predicted octanol–water partition coefficient (Wildman–Crippen LogP) is 13.4. The lowest BCUT2D eigenvalue weighted by molar-refractivity contribution is 0.670. The van der Waals surface area contributed by atoms with Crippen molar-refractivity contribution in [1.82, 2.24) is 9.13 Å². The summed E-state index contributed by atoms with van der Waals surface area (Å²) in [6, 6.07) is 63.6. The summed E-state index contributed by atoms with van der Waals surface area (Å²) in [6.07, 6.45) is 0. The number of hydrogen-bond acceptors (Lipinski definition) is 1. The molecule has 0 atom stereocenters. The van der Waals surface area contributed by atoms with E-state index in [0.717, 1.165) is 33.2 Å². The first-order valence-electron chi connectivity index (χ1n) is 17.9. The van der Waals surface area contributed by atoms with Crippen LogP contribution in [0.15, 0.2) is 180 Å². The van der Waals surface area contributed by atoms with Gasteiger partial charge in [0.2, 0.25) is 0 Å². The number of aromatic nitrogens is 2. The second kappa shape index (κ2) is 11.1. The molecule has 11 aromatic rings. The molecule has 11 rings (SSSR count). The molecule has 52 heavy (non-hydrogen) atoms. The monoisotopic (exact) mass is 664 g/mol. The number of furan rings is 1. The van der Waals surface area contributed by atoms with Gasteiger partial charge < -0.3 is 13.6 Å². The smallest absolute Gasteiger partial charge is 0.143 e. The van der Waals surface area contributed by atoms with Crippen LogP contribution in [0, 0.1) is 6.92 Å². The zero-order chi connectivity index (χ0) is 34.3. The van der Waals surface area contributed by atoms with Crippen LogP contribution in [0.25, 0.3) is 99.2 Å². The molecule has 244 valence electrons. The summed E-state index contributed by atoms with van der Waals surface area (Å²) in [5.74, 6) is 0. The number of aryl methyl sites for hydroxylation is 1. The molecular weight excluding hydrogens is 633 g/mol. The Morgan fingerprint density at radius 1 is 0.365 bits per heavy atom. The minimum atomic E-state index is 0.915. The fraction of sp³-hybridized carbons (Fsp3) is 0.0204. The van der Waals surface area contributed by atoms with Gasteiger partial charge in [-0.1, -0.05) is 109 Å². The van der Waals surface area contributed by atoms with Gasteiger partial charge in [0.25, 0.3) is 0 Å². The number of nitrogens with zero attached hydrogens (tertiary/aromatic N) is 2. The summed E-state index contributed by atoms with van der Waals surface area (Å²) in [5, 5.41) is 7.28. The average molecular weight is 665 g/mol. The van der Waals surface area contributed by atoms with Crippen molar-refractivity contribution in [2.75, 3.05) is 0 Å². The molecule has 0 N–H and O–H groups in total. The van der Waals surface area contributed by atoms with Crippen molar-refractivity contribution < 1.29 is 4.42 Å². The fourth-order valence-electron chi connectivity index (χ4n) is 8.44. The molecule has 0 spiro atoms. The SMILES string of the molecule is Cc1ccc(-n2c3ccccc3c3cc(-c4ccc5c(c4)c4ccccc4n5-c4ccccc4)ccc32)cc1-c1cccc2c1oc1ccccc12. The molecule has 0 radical (unpaired) electrons. The highest BCUT2D eigenvalue weighted by Crippen LogP contribution is 2.41. The molecule has 8 aromatic carbocycles. The van der Waals surface area contributed by atoms with E-state index in [1.165, 1.54) is 71.6 Å². The maximum Gasteiger partial charge on any atom is 0.143 e. The quantitative estimate of drug-likeness (QED) is 0.184. The second-order valence-electron chi connectivity index (χ2n) is 13.8. The van der Waals surface area contributed by atoms with E-state index in [-0.39, 0.29) is 0 Å². The van der Waals surface area contributed by atoms with Crippen LogP contribution in [0.3, 0.4) is 0 Å². The Morgan fingerprint density at radius 3 is 1.62 bits per heavy atom. The summed E-state index contributed by atoms with van der Waals surface area (Å²) < 4.78 is 11.3. The van der Waals surface area contributed by atoms with Gasteiger partial charge in [-0.2, -0.15) is 0 Å². The normalized spacial score (nSPS) is 11.9. The van der Waals surface area contributed by atoms with Gasteiger partial charge in [0, 0.05) is 49.3 Å². The first-order chi connectivity index (χ1) is 25.7. The maximum atomic E-state index is 6.49. The lowest BCUT2D eigenvalue weighted by Gasteiger charge is -2.13. The molecule has 3 aromatic heterocycles. The summed E-state index contributed by atoms with van der Waals surface area (Å²) >= 11 is 0. The number of rotatable bonds is 4. The van der Waals surface area contributed by atoms with E-state index in [1.54, 1.807) is 0 Å². The Labute approximate surface area is 300 Å². The molecule has 0 saturated carbocycles. The maximum absolute atomic E-state index is 6.49. The molecule has 0 fully saturated rings. The average Bonchev–Trinajstić information content (AvgIpc) is 3.86. The summed E-state index contributed by atoms with van der Waals surface area (Å²) in [5.41, 5.74) is 14.8. The number of para-hydroxylation sites is 5. The van der Waals surface area contributed by atoms with Crippen molar-refractivity contribution >= 4 is 65.6 Å². The highest BCUT2D eigenvalue weighted by Gasteiger charge is 2.18. The third kappa shape index (κ3) is 4.20. The molecule has 0 unspecified atom stereocenters. The molecule has 0 amide bonds. The second-order valence-corrected chi connectivity index (χ2v) is 13.8. The minimum absolute atomic E-state index is 0.915. The van der Waals surface area contributed by atoms with Crippen molar-refractivity contribution in [1.29, 1.82) is 0 Å². The number of fused-ring (bicyclic) bond motifs is 9. The van der Waals surface area contributed by atoms with Crippen LogP contribution in [0.2, 0.25) is 0 Å². The van der Waals surface area contributed by atoms with E-state index in [9.17, 15) is 0 Å². The van der Waals surface area contributed by atoms with Gasteiger partial charge in [-0.3, -0.25) is 0 Å². The molecule has 0 aliphatic rings. The van der Waals surface area contributed by atoms with E-state index < -0.39 is 0 Å². The first-order valence-corrected chi connectivity index (χ1v) is 17.9. The predicted molar refractivity (Wildman–Crippen MR) is 218 cm³/mol. The van der Waals surface area contributed by atoms with Crippen molar-refractivity contribution in [2.45, 2.75) is 6.92 Å². The Kier molecular flexibility index (Phi) is 6.17. The minimum Gasteiger partial charge on any atom is -0.455 e. The molecule has 3 nitrogen and oxygen atoms in total. The number of benzene rings is 8. The van der Waals surface area contributed by atoms with Gasteiger partial charge in [-0.25, -0.2) is 0 Å². The Hall–Kier alpha value is -6.84. The third-order valence-corrected chi connectivity index (χ3v) is 10.9. The van der Waals surface area contributed by atoms with Gasteiger partial charge in [-0.05, 0) is 95.9 Å². The van der Waals surface area contributed by atoms with Crippen LogP contribution in [0.5, 0.6) is 0 Å². The molecule has 0 aliphatic carbocycles. The molecule has 0 aliphatic heterocycles. The topological polar surface area (TPSA) is 23.0 Å². The van der Waals surface area contributed by atoms with Gasteiger partial charge in [0.15, 0.2) is 0 Å². The van der Waals surface area contributed by atoms with E-state index in [1.807, 2.05) is 6.07 Å². The van der Waals surface area contributed by atoms with E-state index in [2.05, 4.69) is 186 Å². The lowest BCUT2D eigenvalue weighted by Crippen LogP contribution is -1.96. The summed E-state index contributed by atoms with van der Waals surface area (Å²) in [4.78, 5) is 0. The van der Waals surface area contributed by atoms with Crippen LogP contribution in [0.1, 0.15) is 5.56 Å². The Bertz CT molecular complexity index is 3190. The highest BCUT2D eigenvalue weighted by molar-refractivity contribution is 6.13. The van der Waals surface area contributed by atoms with E-state index in [4.69, 9.17) is 4.42 Å². The van der Waals surface area contributed by atoms with Crippen molar-refractivity contribution in [3.63, 3.8) is 0 Å². The van der Waals surface area contributed by atoms with Crippen molar-refractivity contribution in [3.8, 4) is 33.6 Å². The molecule has 0 saturated heterocycles. The van der Waals surface area contributed by atoms with Crippen molar-refractivity contribution in [3.05, 3.63) is 181 Å². The molecule has 3 heteroatoms. The standard InChI is InChI=1S/C49H32N2O/c1-31-22-25-35(30-41(31)40-18-11-17-39-38-16-7-10-21-48(38)52-49(39)40)51-45-20-9-6-15-37(45)43-29-33(24-27-47(43)51)32-23-26-46-42(28-32)36-14-5-8-19-44(36)50(46)34-12-3-2-4-13-34/h2-30H,1H3. The largest absolute Gasteiger partial charge is 0.455 e. The van der Waals surface area contributed by atoms with Crippen molar-refractivity contribution in [2.24, 2.45) is 0 Å². The third-order valence-electron chi connectivity index (χ3n) is 10.9. The Balaban J connectivity index is 1.08. The van der Waals surface area contributed by atoms with Crippen LogP contribution in [-0.2, 0) is 0 Å².